The molecule has 1 aromatic rings. The number of aliphatic carboxylic acids is 1. The predicted molar refractivity (Wildman–Crippen MR) is 73.5 cm³/mol. The number of carboxylic acid groups (broad SMARTS) is 1. The number of nitrogens with one attached hydrogen (secondary N) is 1. The number of rotatable bonds is 3. The average Bonchev–Trinajstić information content (AvgIpc) is 3.01. The van der Waals surface area contributed by atoms with Gasteiger partial charge in [0.15, 0.2) is 0 Å². The second-order valence-electron chi connectivity index (χ2n) is 5.69. The van der Waals surface area contributed by atoms with Crippen LogP contribution < -0.4 is 10.4 Å². The molecule has 0 saturated heterocycles. The molecule has 4 atom stereocenters. The third-order valence-corrected chi connectivity index (χ3v) is 4.99. The molecule has 2 aliphatic rings. The maximum Gasteiger partial charge on any atom is 0.228 e. The molecular formula is C15H15NO3S-2. The lowest BCUT2D eigenvalue weighted by Crippen LogP contribution is -2.44. The summed E-state index contributed by atoms with van der Waals surface area (Å²) in [5.74, 6) is -2.19. The van der Waals surface area contributed by atoms with Crippen LogP contribution in [0.2, 0.25) is 0 Å². The lowest BCUT2D eigenvalue weighted by Gasteiger charge is -2.31. The number of carbonyl (C=O) groups excluding carboxylic acids is 2. The molecule has 4 nitrogen and oxygen atoms in total. The topological polar surface area (TPSA) is 69.2 Å². The molecule has 1 aromatic carbocycles. The van der Waals surface area contributed by atoms with Crippen LogP contribution in [0.25, 0.3) is 0 Å². The van der Waals surface area contributed by atoms with Crippen molar-refractivity contribution in [2.45, 2.75) is 24.2 Å². The molecule has 1 amide bonds. The Morgan fingerprint density at radius 3 is 2.45 bits per heavy atom. The molecule has 20 heavy (non-hydrogen) atoms. The first-order chi connectivity index (χ1) is 9.58. The van der Waals surface area contributed by atoms with Gasteiger partial charge in [0.05, 0.1) is 0 Å². The van der Waals surface area contributed by atoms with Crippen LogP contribution in [0.4, 0.5) is 5.69 Å². The Hall–Kier alpha value is -1.62. The molecule has 0 unspecified atom stereocenters. The highest BCUT2D eigenvalue weighted by Gasteiger charge is 2.51. The third-order valence-electron chi connectivity index (χ3n) is 4.64. The van der Waals surface area contributed by atoms with Crippen molar-refractivity contribution >= 4 is 30.2 Å². The number of anilines is 1. The van der Waals surface area contributed by atoms with Crippen LogP contribution in [-0.4, -0.2) is 11.9 Å². The fourth-order valence-electron chi connectivity index (χ4n) is 3.79. The van der Waals surface area contributed by atoms with Crippen molar-refractivity contribution in [1.82, 2.24) is 0 Å². The summed E-state index contributed by atoms with van der Waals surface area (Å²) in [4.78, 5) is 24.3. The summed E-state index contributed by atoms with van der Waals surface area (Å²) in [5, 5.41) is 14.1. The summed E-state index contributed by atoms with van der Waals surface area (Å²) in [6.45, 7) is 0. The van der Waals surface area contributed by atoms with Crippen LogP contribution in [0.1, 0.15) is 19.3 Å². The predicted octanol–water partition coefficient (Wildman–Crippen LogP) is 0.943. The highest BCUT2D eigenvalue weighted by atomic mass is 32.1. The fourth-order valence-corrected chi connectivity index (χ4v) is 3.99. The average molecular weight is 289 g/mol. The van der Waals surface area contributed by atoms with Crippen LogP contribution in [-0.2, 0) is 22.2 Å². The quantitative estimate of drug-likeness (QED) is 0.841. The number of benzene rings is 1. The number of carboxylic acids is 1. The zero-order valence-electron chi connectivity index (χ0n) is 10.9. The summed E-state index contributed by atoms with van der Waals surface area (Å²) >= 11 is 5.15. The number of para-hydroxylation sites is 1. The Bertz CT molecular complexity index is 560. The molecule has 0 aromatic heterocycles. The van der Waals surface area contributed by atoms with E-state index in [1.165, 1.54) is 0 Å². The van der Waals surface area contributed by atoms with Crippen molar-refractivity contribution in [1.29, 1.82) is 0 Å². The minimum absolute atomic E-state index is 0.0968. The summed E-state index contributed by atoms with van der Waals surface area (Å²) < 4.78 is 0. The second kappa shape index (κ2) is 5.05. The van der Waals surface area contributed by atoms with E-state index in [1.54, 1.807) is 24.3 Å². The molecule has 0 radical (unpaired) electrons. The fraction of sp³-hybridized carbons (Fsp3) is 0.467. The molecule has 2 fully saturated rings. The van der Waals surface area contributed by atoms with E-state index >= 15 is 0 Å². The maximum atomic E-state index is 12.4. The Kier molecular flexibility index (Phi) is 3.38. The van der Waals surface area contributed by atoms with Crippen LogP contribution in [0.3, 0.4) is 0 Å². The number of amides is 1. The van der Waals surface area contributed by atoms with E-state index in [4.69, 9.17) is 12.6 Å². The largest absolute Gasteiger partial charge is 0.778 e. The first-order valence-electron chi connectivity index (χ1n) is 6.85. The van der Waals surface area contributed by atoms with Crippen molar-refractivity contribution < 1.29 is 14.7 Å². The molecule has 106 valence electrons. The number of fused-ring (bicyclic) bond motifs is 2. The van der Waals surface area contributed by atoms with Gasteiger partial charge in [-0.1, -0.05) is 18.2 Å². The van der Waals surface area contributed by atoms with Gasteiger partial charge in [-0.3, -0.25) is 4.79 Å². The number of hydrogen-bond donors (Lipinski definition) is 1. The number of carbonyl (C=O) groups is 2. The van der Waals surface area contributed by atoms with E-state index in [2.05, 4.69) is 5.32 Å². The number of hydrogen-bond acceptors (Lipinski definition) is 4. The van der Waals surface area contributed by atoms with E-state index < -0.39 is 17.8 Å². The third kappa shape index (κ3) is 2.16. The molecule has 0 spiro atoms. The molecule has 2 bridgehead atoms. The molecule has 1 N–H and O–H groups in total. The molecule has 3 rings (SSSR count). The highest BCUT2D eigenvalue weighted by molar-refractivity contribution is 7.59. The summed E-state index contributed by atoms with van der Waals surface area (Å²) in [7, 11) is 0. The normalized spacial score (nSPS) is 31.2. The van der Waals surface area contributed by atoms with Crippen molar-refractivity contribution in [2.24, 2.45) is 23.7 Å². The second-order valence-corrected chi connectivity index (χ2v) is 6.13. The SMILES string of the molecule is O=C(Nc1ccccc1[S-])[C@@H]1[C@@H]2CC[C@@H](C2)[C@@H]1C(=O)[O-]. The molecular weight excluding hydrogens is 274 g/mol. The molecule has 2 saturated carbocycles. The van der Waals surface area contributed by atoms with Gasteiger partial charge in [-0.25, -0.2) is 0 Å². The van der Waals surface area contributed by atoms with E-state index in [9.17, 15) is 14.7 Å². The van der Waals surface area contributed by atoms with Crippen molar-refractivity contribution in [2.75, 3.05) is 5.32 Å². The lowest BCUT2D eigenvalue weighted by molar-refractivity contribution is -0.314. The van der Waals surface area contributed by atoms with E-state index in [0.29, 0.717) is 10.6 Å². The smallest absolute Gasteiger partial charge is 0.228 e. The van der Waals surface area contributed by atoms with Gasteiger partial charge in [0.2, 0.25) is 5.91 Å². The Morgan fingerprint density at radius 1 is 1.15 bits per heavy atom. The molecule has 2 aliphatic carbocycles. The molecule has 0 heterocycles. The zero-order chi connectivity index (χ0) is 14.3. The zero-order valence-corrected chi connectivity index (χ0v) is 11.7. The Labute approximate surface area is 123 Å². The minimum atomic E-state index is -1.09. The summed E-state index contributed by atoms with van der Waals surface area (Å²) in [5.41, 5.74) is 0.576. The standard InChI is InChI=1S/C15H17NO3S/c17-14(16-10-3-1-2-4-11(10)20)12-8-5-6-9(7-8)13(12)15(18)19/h1-4,8-9,12-13,20H,5-7H2,(H,16,17)(H,18,19)/p-2/t8-,9+,12-,13+/m1/s1. The molecule has 5 heteroatoms. The lowest BCUT2D eigenvalue weighted by atomic mass is 9.78. The van der Waals surface area contributed by atoms with Gasteiger partial charge < -0.3 is 27.8 Å². The van der Waals surface area contributed by atoms with E-state index in [1.807, 2.05) is 0 Å². The van der Waals surface area contributed by atoms with Crippen molar-refractivity contribution in [3.63, 3.8) is 0 Å². The van der Waals surface area contributed by atoms with E-state index in [-0.39, 0.29) is 17.7 Å². The highest BCUT2D eigenvalue weighted by Crippen LogP contribution is 2.52. The van der Waals surface area contributed by atoms with Gasteiger partial charge in [0.25, 0.3) is 0 Å². The maximum absolute atomic E-state index is 12.4. The Morgan fingerprint density at radius 2 is 1.80 bits per heavy atom. The van der Waals surface area contributed by atoms with Gasteiger partial charge in [0.1, 0.15) is 0 Å². The van der Waals surface area contributed by atoms with E-state index in [0.717, 1.165) is 19.3 Å². The molecule has 0 aliphatic heterocycles. The van der Waals surface area contributed by atoms with Crippen LogP contribution in [0, 0.1) is 23.7 Å². The monoisotopic (exact) mass is 289 g/mol. The first-order valence-corrected chi connectivity index (χ1v) is 7.26. The Balaban J connectivity index is 1.80. The summed E-state index contributed by atoms with van der Waals surface area (Å²) in [6, 6.07) is 7.07. The van der Waals surface area contributed by atoms with Crippen LogP contribution >= 0.6 is 0 Å². The van der Waals surface area contributed by atoms with Gasteiger partial charge in [-0.15, -0.1) is 0 Å². The first kappa shape index (κ1) is 13.4. The van der Waals surface area contributed by atoms with Gasteiger partial charge >= 0.3 is 0 Å². The van der Waals surface area contributed by atoms with Crippen molar-refractivity contribution in [3.05, 3.63) is 24.3 Å². The van der Waals surface area contributed by atoms with Crippen molar-refractivity contribution in [3.8, 4) is 0 Å². The van der Waals surface area contributed by atoms with Gasteiger partial charge in [0, 0.05) is 23.5 Å². The van der Waals surface area contributed by atoms with Gasteiger partial charge in [-0.2, -0.15) is 4.90 Å². The van der Waals surface area contributed by atoms with Crippen LogP contribution in [0.15, 0.2) is 29.2 Å². The van der Waals surface area contributed by atoms with Gasteiger partial charge in [-0.05, 0) is 37.2 Å². The minimum Gasteiger partial charge on any atom is -0.778 e. The van der Waals surface area contributed by atoms with Crippen LogP contribution in [0.5, 0.6) is 0 Å². The summed E-state index contributed by atoms with van der Waals surface area (Å²) in [6.07, 6.45) is 2.65.